The van der Waals surface area contributed by atoms with E-state index in [2.05, 4.69) is 15.7 Å². The van der Waals surface area contributed by atoms with E-state index in [9.17, 15) is 9.59 Å². The van der Waals surface area contributed by atoms with Gasteiger partial charge in [0.2, 0.25) is 5.88 Å². The fourth-order valence-corrected chi connectivity index (χ4v) is 7.16. The van der Waals surface area contributed by atoms with Crippen molar-refractivity contribution >= 4 is 24.3 Å². The van der Waals surface area contributed by atoms with Gasteiger partial charge in [-0.15, -0.1) is 12.4 Å². The number of aromatic nitrogens is 2. The molecule has 6 rings (SSSR count). The van der Waals surface area contributed by atoms with Crippen molar-refractivity contribution in [3.05, 3.63) is 11.8 Å². The molecule has 34 heavy (non-hydrogen) atoms. The Labute approximate surface area is 208 Å². The molecule has 1 amide bonds. The summed E-state index contributed by atoms with van der Waals surface area (Å²) in [6.07, 6.45) is 14.2. The van der Waals surface area contributed by atoms with Gasteiger partial charge in [0.05, 0.1) is 25.9 Å². The summed E-state index contributed by atoms with van der Waals surface area (Å²) in [6, 6.07) is 0.275. The Hall–Kier alpha value is -1.80. The van der Waals surface area contributed by atoms with Gasteiger partial charge in [0.15, 0.2) is 0 Å². The van der Waals surface area contributed by atoms with E-state index in [0.717, 1.165) is 11.8 Å². The van der Waals surface area contributed by atoms with E-state index in [1.54, 1.807) is 10.9 Å². The van der Waals surface area contributed by atoms with E-state index >= 15 is 0 Å². The van der Waals surface area contributed by atoms with Gasteiger partial charge >= 0.3 is 5.97 Å². The second-order valence-corrected chi connectivity index (χ2v) is 10.9. The zero-order valence-corrected chi connectivity index (χ0v) is 20.7. The summed E-state index contributed by atoms with van der Waals surface area (Å²) in [5.41, 5.74) is 0.512. The summed E-state index contributed by atoms with van der Waals surface area (Å²) in [6.45, 7) is 1.41. The van der Waals surface area contributed by atoms with Crippen molar-refractivity contribution in [2.24, 2.45) is 29.6 Å². The van der Waals surface area contributed by atoms with Gasteiger partial charge in [-0.25, -0.2) is 4.68 Å². The van der Waals surface area contributed by atoms with Gasteiger partial charge in [0, 0.05) is 12.6 Å². The SMILES string of the molecule is Cl.O=C(O)CNCCn1ncc(C(=O)NC2C3CC4CC(C3)CC2C4)c1OCC1CCCCC1. The molecule has 5 fully saturated rings. The minimum atomic E-state index is -0.889. The molecule has 0 unspecified atom stereocenters. The molecular weight excluding hydrogens is 456 g/mol. The summed E-state index contributed by atoms with van der Waals surface area (Å²) in [5, 5.41) is 19.6. The Morgan fingerprint density at radius 3 is 2.38 bits per heavy atom. The van der Waals surface area contributed by atoms with E-state index in [1.165, 1.54) is 64.2 Å². The number of hydrogen-bond donors (Lipinski definition) is 3. The molecular formula is C25H39ClN4O4. The largest absolute Gasteiger partial charge is 0.480 e. The third-order valence-electron chi connectivity index (χ3n) is 8.52. The number of aliphatic carboxylic acids is 1. The van der Waals surface area contributed by atoms with Crippen LogP contribution in [0.4, 0.5) is 0 Å². The lowest BCUT2D eigenvalue weighted by molar-refractivity contribution is -0.135. The topological polar surface area (TPSA) is 105 Å². The van der Waals surface area contributed by atoms with Crippen molar-refractivity contribution in [2.75, 3.05) is 19.7 Å². The molecule has 1 heterocycles. The number of nitrogens with zero attached hydrogens (tertiary/aromatic N) is 2. The molecule has 0 radical (unpaired) electrons. The molecule has 8 nitrogen and oxygen atoms in total. The van der Waals surface area contributed by atoms with Crippen molar-refractivity contribution in [3.63, 3.8) is 0 Å². The molecule has 0 aromatic carbocycles. The molecule has 0 atom stereocenters. The minimum absolute atomic E-state index is 0. The first-order valence-electron chi connectivity index (χ1n) is 13.0. The highest BCUT2D eigenvalue weighted by molar-refractivity contribution is 5.96. The number of carbonyl (C=O) groups is 2. The van der Waals surface area contributed by atoms with Gasteiger partial charge in [0.25, 0.3) is 5.91 Å². The molecule has 0 aliphatic heterocycles. The van der Waals surface area contributed by atoms with Crippen LogP contribution in [0.15, 0.2) is 6.20 Å². The average Bonchev–Trinajstić information content (AvgIpc) is 3.20. The molecule has 1 aromatic heterocycles. The number of amides is 1. The van der Waals surface area contributed by atoms with Crippen molar-refractivity contribution in [3.8, 4) is 5.88 Å². The number of hydrogen-bond acceptors (Lipinski definition) is 5. The first-order valence-corrected chi connectivity index (χ1v) is 13.0. The summed E-state index contributed by atoms with van der Waals surface area (Å²) >= 11 is 0. The summed E-state index contributed by atoms with van der Waals surface area (Å²) in [5.74, 6) is 3.06. The maximum atomic E-state index is 13.4. The Morgan fingerprint density at radius 1 is 1.06 bits per heavy atom. The number of carboxylic acids is 1. The number of halogens is 1. The second kappa shape index (κ2) is 11.3. The lowest BCUT2D eigenvalue weighted by Gasteiger charge is -2.54. The van der Waals surface area contributed by atoms with E-state index in [-0.39, 0.29) is 30.9 Å². The third-order valence-corrected chi connectivity index (χ3v) is 8.52. The Balaban J connectivity index is 0.00000274. The highest BCUT2D eigenvalue weighted by Gasteiger charge is 2.48. The lowest BCUT2D eigenvalue weighted by Crippen LogP contribution is -2.55. The quantitative estimate of drug-likeness (QED) is 0.430. The van der Waals surface area contributed by atoms with Crippen LogP contribution in [-0.2, 0) is 11.3 Å². The maximum absolute atomic E-state index is 13.4. The van der Waals surface area contributed by atoms with Crippen LogP contribution >= 0.6 is 12.4 Å². The number of ether oxygens (including phenoxy) is 1. The van der Waals surface area contributed by atoms with Gasteiger partial charge in [-0.05, 0) is 74.5 Å². The van der Waals surface area contributed by atoms with E-state index in [4.69, 9.17) is 9.84 Å². The van der Waals surface area contributed by atoms with Crippen molar-refractivity contribution < 1.29 is 19.4 Å². The van der Waals surface area contributed by atoms with E-state index in [0.29, 0.717) is 48.9 Å². The molecule has 1 aromatic rings. The van der Waals surface area contributed by atoms with Crippen molar-refractivity contribution in [1.82, 2.24) is 20.4 Å². The zero-order chi connectivity index (χ0) is 22.8. The molecule has 0 saturated heterocycles. The summed E-state index contributed by atoms with van der Waals surface area (Å²) in [4.78, 5) is 24.2. The summed E-state index contributed by atoms with van der Waals surface area (Å²) < 4.78 is 7.96. The summed E-state index contributed by atoms with van der Waals surface area (Å²) in [7, 11) is 0. The first-order chi connectivity index (χ1) is 16.1. The number of carbonyl (C=O) groups excluding carboxylic acids is 1. The molecule has 3 N–H and O–H groups in total. The lowest BCUT2D eigenvalue weighted by atomic mass is 9.54. The smallest absolute Gasteiger partial charge is 0.317 e. The number of nitrogens with one attached hydrogen (secondary N) is 2. The van der Waals surface area contributed by atoms with Crippen molar-refractivity contribution in [1.29, 1.82) is 0 Å². The Kier molecular flexibility index (Phi) is 8.40. The van der Waals surface area contributed by atoms with Crippen LogP contribution in [0.3, 0.4) is 0 Å². The molecule has 5 aliphatic carbocycles. The van der Waals surface area contributed by atoms with E-state index in [1.807, 2.05) is 0 Å². The molecule has 0 spiro atoms. The van der Waals surface area contributed by atoms with Gasteiger partial charge in [-0.1, -0.05) is 19.3 Å². The van der Waals surface area contributed by atoms with Crippen LogP contribution in [0.25, 0.3) is 0 Å². The normalized spacial score (nSPS) is 30.1. The first kappa shape index (κ1) is 25.3. The standard InChI is InChI=1S/C25H38N4O4.ClH/c30-22(31)14-26-6-7-29-25(33-15-16-4-2-1-3-5-16)21(13-27-29)24(32)28-23-19-9-17-8-18(11-19)12-20(23)10-17;/h13,16-20,23,26H,1-12,14-15H2,(H,28,32)(H,30,31);1H. The van der Waals surface area contributed by atoms with E-state index < -0.39 is 5.97 Å². The van der Waals surface area contributed by atoms with Crippen LogP contribution < -0.4 is 15.4 Å². The van der Waals surface area contributed by atoms with Crippen LogP contribution in [0.1, 0.15) is 74.6 Å². The zero-order valence-electron chi connectivity index (χ0n) is 19.9. The van der Waals surface area contributed by atoms with Crippen LogP contribution in [0.5, 0.6) is 5.88 Å². The fourth-order valence-electron chi connectivity index (χ4n) is 7.16. The van der Waals surface area contributed by atoms with Gasteiger partial charge in [-0.3, -0.25) is 9.59 Å². The van der Waals surface area contributed by atoms with Crippen LogP contribution in [-0.4, -0.2) is 52.5 Å². The highest BCUT2D eigenvalue weighted by Crippen LogP contribution is 2.53. The van der Waals surface area contributed by atoms with Gasteiger partial charge in [0.1, 0.15) is 5.56 Å². The third kappa shape index (κ3) is 5.70. The average molecular weight is 495 g/mol. The van der Waals surface area contributed by atoms with Crippen molar-refractivity contribution in [2.45, 2.75) is 76.8 Å². The monoisotopic (exact) mass is 494 g/mol. The second-order valence-electron chi connectivity index (χ2n) is 10.9. The predicted molar refractivity (Wildman–Crippen MR) is 130 cm³/mol. The number of carboxylic acid groups (broad SMARTS) is 1. The van der Waals surface area contributed by atoms with Gasteiger partial charge in [-0.2, -0.15) is 5.10 Å². The molecule has 9 heteroatoms. The van der Waals surface area contributed by atoms with Gasteiger partial charge < -0.3 is 20.5 Å². The molecule has 5 aliphatic rings. The highest BCUT2D eigenvalue weighted by atomic mass is 35.5. The van der Waals surface area contributed by atoms with Crippen LogP contribution in [0.2, 0.25) is 0 Å². The van der Waals surface area contributed by atoms with Crippen LogP contribution in [0, 0.1) is 29.6 Å². The predicted octanol–water partition coefficient (Wildman–Crippen LogP) is 3.49. The Morgan fingerprint density at radius 2 is 1.74 bits per heavy atom. The molecule has 4 bridgehead atoms. The maximum Gasteiger partial charge on any atom is 0.317 e. The Bertz CT molecular complexity index is 826. The fraction of sp³-hybridized carbons (Fsp3) is 0.800. The minimum Gasteiger partial charge on any atom is -0.480 e. The molecule has 190 valence electrons. The number of rotatable bonds is 10. The molecule has 5 saturated carbocycles.